The van der Waals surface area contributed by atoms with Crippen molar-refractivity contribution in [3.8, 4) is 5.75 Å². The van der Waals surface area contributed by atoms with E-state index in [-0.39, 0.29) is 30.4 Å². The van der Waals surface area contributed by atoms with E-state index in [1.165, 1.54) is 43.2 Å². The van der Waals surface area contributed by atoms with Gasteiger partial charge in [0.25, 0.3) is 0 Å². The highest BCUT2D eigenvalue weighted by Crippen LogP contribution is 2.38. The van der Waals surface area contributed by atoms with Crippen LogP contribution in [0.15, 0.2) is 61.1 Å². The number of benzene rings is 2. The number of H-pyrrole nitrogens is 1. The molecule has 2 aromatic carbocycles. The Labute approximate surface area is 242 Å². The highest BCUT2D eigenvalue weighted by Gasteiger charge is 2.46. The van der Waals surface area contributed by atoms with Gasteiger partial charge >= 0.3 is 0 Å². The van der Waals surface area contributed by atoms with Gasteiger partial charge in [-0.05, 0) is 60.9 Å². The molecule has 1 saturated heterocycles. The largest absolute Gasteiger partial charge is 0.497 e. The summed E-state index contributed by atoms with van der Waals surface area (Å²) in [5.41, 5.74) is 4.27. The third-order valence-electron chi connectivity index (χ3n) is 8.55. The maximum absolute atomic E-state index is 14.1. The van der Waals surface area contributed by atoms with Crippen LogP contribution in [-0.4, -0.2) is 59.2 Å². The number of likely N-dealkylation sites (tertiary alicyclic amines) is 1. The number of aryl methyl sites for hydroxylation is 2. The van der Waals surface area contributed by atoms with Crippen LogP contribution in [0, 0.1) is 12.8 Å². The topological polar surface area (TPSA) is 96.5 Å². The molecular weight excluding hydrogens is 516 g/mol. The van der Waals surface area contributed by atoms with E-state index >= 15 is 0 Å². The Morgan fingerprint density at radius 1 is 1.10 bits per heavy atom. The third kappa shape index (κ3) is 7.36. The second-order valence-corrected chi connectivity index (χ2v) is 11.4. The summed E-state index contributed by atoms with van der Waals surface area (Å²) in [5, 5.41) is 3.05. The minimum absolute atomic E-state index is 0.103. The Bertz CT molecular complexity index is 1270. The molecule has 41 heavy (non-hydrogen) atoms. The zero-order valence-corrected chi connectivity index (χ0v) is 24.2. The first-order valence-electron chi connectivity index (χ1n) is 14.9. The monoisotopic (exact) mass is 558 g/mol. The fraction of sp³-hybridized carbons (Fsp3) is 0.485. The van der Waals surface area contributed by atoms with Gasteiger partial charge in [0.1, 0.15) is 18.0 Å². The van der Waals surface area contributed by atoms with Crippen molar-refractivity contribution in [2.24, 2.45) is 5.92 Å². The molecule has 218 valence electrons. The maximum atomic E-state index is 14.1. The molecule has 3 atom stereocenters. The third-order valence-corrected chi connectivity index (χ3v) is 8.55. The van der Waals surface area contributed by atoms with E-state index in [0.717, 1.165) is 17.0 Å². The molecule has 3 aromatic rings. The number of aromatic nitrogens is 2. The molecule has 1 saturated carbocycles. The second kappa shape index (κ2) is 13.8. The molecule has 5 rings (SSSR count). The number of nitrogens with zero attached hydrogens (tertiary/aromatic N) is 2. The van der Waals surface area contributed by atoms with E-state index in [1.54, 1.807) is 19.6 Å². The van der Waals surface area contributed by atoms with Crippen LogP contribution >= 0.6 is 0 Å². The molecule has 2 amide bonds. The number of carbonyl (C=O) groups is 2. The van der Waals surface area contributed by atoms with Gasteiger partial charge in [-0.25, -0.2) is 4.98 Å². The van der Waals surface area contributed by atoms with Crippen molar-refractivity contribution in [1.82, 2.24) is 20.2 Å². The van der Waals surface area contributed by atoms with Gasteiger partial charge in [0.15, 0.2) is 0 Å². The number of hydrogen-bond donors (Lipinski definition) is 2. The predicted octanol–water partition coefficient (Wildman–Crippen LogP) is 4.94. The summed E-state index contributed by atoms with van der Waals surface area (Å²) in [4.78, 5) is 36.1. The first kappa shape index (κ1) is 28.9. The average Bonchev–Trinajstić information content (AvgIpc) is 3.51. The summed E-state index contributed by atoms with van der Waals surface area (Å²) in [7, 11) is 1.63. The molecule has 8 nitrogen and oxygen atoms in total. The van der Waals surface area contributed by atoms with Crippen LogP contribution in [0.4, 0.5) is 0 Å². The van der Waals surface area contributed by atoms with Crippen molar-refractivity contribution < 1.29 is 19.1 Å². The van der Waals surface area contributed by atoms with Crippen LogP contribution in [0.5, 0.6) is 5.75 Å². The van der Waals surface area contributed by atoms with E-state index in [1.807, 2.05) is 35.2 Å². The van der Waals surface area contributed by atoms with Crippen molar-refractivity contribution in [2.75, 3.05) is 20.3 Å². The molecule has 2 heterocycles. The predicted molar refractivity (Wildman–Crippen MR) is 157 cm³/mol. The Hall–Kier alpha value is -3.65. The van der Waals surface area contributed by atoms with Crippen molar-refractivity contribution in [3.05, 3.63) is 83.4 Å². The van der Waals surface area contributed by atoms with Gasteiger partial charge < -0.3 is 24.7 Å². The Balaban J connectivity index is 1.33. The lowest BCUT2D eigenvalue weighted by molar-refractivity contribution is -0.178. The van der Waals surface area contributed by atoms with Gasteiger partial charge in [-0.1, -0.05) is 55.7 Å². The smallest absolute Gasteiger partial charge is 0.247 e. The molecule has 2 aliphatic rings. The molecule has 0 bridgehead atoms. The van der Waals surface area contributed by atoms with E-state index in [9.17, 15) is 9.59 Å². The van der Waals surface area contributed by atoms with Crippen LogP contribution < -0.4 is 10.1 Å². The summed E-state index contributed by atoms with van der Waals surface area (Å²) >= 11 is 0. The fourth-order valence-corrected chi connectivity index (χ4v) is 6.08. The van der Waals surface area contributed by atoms with Gasteiger partial charge in [0, 0.05) is 37.2 Å². The average molecular weight is 559 g/mol. The molecule has 1 aliphatic carbocycles. The normalized spacial score (nSPS) is 19.8. The van der Waals surface area contributed by atoms with Gasteiger partial charge in [0.2, 0.25) is 11.8 Å². The standard InChI is InChI=1S/C33H42N4O4/c1-23-8-6-7-11-28(23)29-20-37(33(29)41-21-25-9-4-3-5-10-25)32(39)30(18-24-12-15-27(40-2)16-13-24)36-31(38)17-14-26-19-34-22-35-26/h6-8,11-13,15-16,19,22,25,29-30,33H,3-5,9-10,14,17-18,20-21H2,1-2H3,(H,34,35)(H,36,38)/t29?,30?,33-/m1/s1. The second-order valence-electron chi connectivity index (χ2n) is 11.4. The SMILES string of the molecule is COc1ccc(CC(NC(=O)CCc2cnc[nH]2)C(=O)N2CC(c3ccccc3C)[C@H]2OCC2CCCCC2)cc1. The van der Waals surface area contributed by atoms with E-state index in [4.69, 9.17) is 9.47 Å². The Kier molecular flexibility index (Phi) is 9.72. The maximum Gasteiger partial charge on any atom is 0.247 e. The number of amides is 2. The highest BCUT2D eigenvalue weighted by atomic mass is 16.5. The van der Waals surface area contributed by atoms with Crippen molar-refractivity contribution in [2.45, 2.75) is 76.5 Å². The number of nitrogens with one attached hydrogen (secondary N) is 2. The molecule has 2 N–H and O–H groups in total. The minimum atomic E-state index is -0.698. The zero-order valence-electron chi connectivity index (χ0n) is 24.2. The molecule has 2 fully saturated rings. The number of rotatable bonds is 12. The molecule has 8 heteroatoms. The summed E-state index contributed by atoms with van der Waals surface area (Å²) < 4.78 is 11.9. The quantitative estimate of drug-likeness (QED) is 0.328. The summed E-state index contributed by atoms with van der Waals surface area (Å²) in [5.74, 6) is 1.13. The number of hydrogen-bond acceptors (Lipinski definition) is 5. The van der Waals surface area contributed by atoms with Crippen LogP contribution in [-0.2, 0) is 27.2 Å². The molecule has 0 spiro atoms. The van der Waals surface area contributed by atoms with E-state index < -0.39 is 6.04 Å². The van der Waals surface area contributed by atoms with Crippen LogP contribution in [0.1, 0.15) is 66.8 Å². The van der Waals surface area contributed by atoms with E-state index in [0.29, 0.717) is 31.9 Å². The van der Waals surface area contributed by atoms with Gasteiger partial charge in [-0.3, -0.25) is 9.59 Å². The van der Waals surface area contributed by atoms with E-state index in [2.05, 4.69) is 40.4 Å². The first-order valence-corrected chi connectivity index (χ1v) is 14.9. The van der Waals surface area contributed by atoms with Crippen molar-refractivity contribution in [3.63, 3.8) is 0 Å². The highest BCUT2D eigenvalue weighted by molar-refractivity contribution is 5.88. The number of aromatic amines is 1. The molecule has 1 aromatic heterocycles. The van der Waals surface area contributed by atoms with Crippen molar-refractivity contribution >= 4 is 11.8 Å². The Morgan fingerprint density at radius 2 is 1.88 bits per heavy atom. The molecular formula is C33H42N4O4. The van der Waals surface area contributed by atoms with Gasteiger partial charge in [0.05, 0.1) is 20.0 Å². The number of carbonyl (C=O) groups excluding carboxylic acids is 2. The fourth-order valence-electron chi connectivity index (χ4n) is 6.08. The lowest BCUT2D eigenvalue weighted by Crippen LogP contribution is -2.63. The number of methoxy groups -OCH3 is 1. The minimum Gasteiger partial charge on any atom is -0.497 e. The van der Waals surface area contributed by atoms with Gasteiger partial charge in [-0.2, -0.15) is 0 Å². The number of imidazole rings is 1. The zero-order chi connectivity index (χ0) is 28.6. The number of ether oxygens (including phenoxy) is 2. The lowest BCUT2D eigenvalue weighted by Gasteiger charge is -2.49. The summed E-state index contributed by atoms with van der Waals surface area (Å²) in [6.45, 7) is 3.35. The first-order chi connectivity index (χ1) is 20.0. The molecule has 2 unspecified atom stereocenters. The van der Waals surface area contributed by atoms with Crippen molar-refractivity contribution in [1.29, 1.82) is 0 Å². The van der Waals surface area contributed by atoms with Crippen LogP contribution in [0.3, 0.4) is 0 Å². The summed E-state index contributed by atoms with van der Waals surface area (Å²) in [6, 6.07) is 15.3. The summed E-state index contributed by atoms with van der Waals surface area (Å²) in [6.07, 6.45) is 10.3. The van der Waals surface area contributed by atoms with Crippen LogP contribution in [0.25, 0.3) is 0 Å². The van der Waals surface area contributed by atoms with Gasteiger partial charge in [-0.15, -0.1) is 0 Å². The van der Waals surface area contributed by atoms with Crippen LogP contribution in [0.2, 0.25) is 0 Å². The lowest BCUT2D eigenvalue weighted by atomic mass is 9.85. The molecule has 1 aliphatic heterocycles. The molecule has 0 radical (unpaired) electrons. The Morgan fingerprint density at radius 3 is 2.59 bits per heavy atom.